The summed E-state index contributed by atoms with van der Waals surface area (Å²) in [5, 5.41) is 0. The summed E-state index contributed by atoms with van der Waals surface area (Å²) < 4.78 is 3.27. The minimum absolute atomic E-state index is 0.734. The summed E-state index contributed by atoms with van der Waals surface area (Å²) in [5.74, 6) is 0.734. The Morgan fingerprint density at radius 2 is 2.23 bits per heavy atom. The van der Waals surface area contributed by atoms with E-state index in [0.29, 0.717) is 0 Å². The lowest BCUT2D eigenvalue weighted by atomic mass is 10.3. The Morgan fingerprint density at radius 3 is 3.00 bits per heavy atom. The van der Waals surface area contributed by atoms with Crippen molar-refractivity contribution in [2.24, 2.45) is 7.05 Å². The smallest absolute Gasteiger partial charge is 0.225 e. The molecule has 1 aromatic carbocycles. The van der Waals surface area contributed by atoms with E-state index in [1.54, 1.807) is 11.3 Å². The molecule has 0 aliphatic heterocycles. The minimum Gasteiger partial charge on any atom is -0.338 e. The molecule has 0 N–H and O–H groups in total. The number of fused-ring (bicyclic) bond motifs is 1. The van der Waals surface area contributed by atoms with Gasteiger partial charge in [-0.3, -0.25) is 0 Å². The average molecular weight is 196 g/mol. The second kappa shape index (κ2) is 3.32. The summed E-state index contributed by atoms with van der Waals surface area (Å²) >= 11 is 1.68. The number of hydrogen-bond donors (Lipinski definition) is 0. The zero-order chi connectivity index (χ0) is 9.26. The summed E-state index contributed by atoms with van der Waals surface area (Å²) in [4.78, 5) is 9.50. The van der Waals surface area contributed by atoms with Crippen LogP contribution in [0.1, 0.15) is 0 Å². The maximum Gasteiger partial charge on any atom is 0.225 e. The summed E-state index contributed by atoms with van der Waals surface area (Å²) in [7, 11) is 3.52. The van der Waals surface area contributed by atoms with Crippen molar-refractivity contribution in [2.75, 3.05) is 7.11 Å². The molecule has 0 radical (unpaired) electrons. The van der Waals surface area contributed by atoms with Crippen LogP contribution in [0, 0.1) is 0 Å². The van der Waals surface area contributed by atoms with Gasteiger partial charge in [-0.15, -0.1) is 0 Å². The van der Waals surface area contributed by atoms with Crippen molar-refractivity contribution < 1.29 is 14.3 Å². The summed E-state index contributed by atoms with van der Waals surface area (Å²) in [6.07, 6.45) is 0. The maximum absolute atomic E-state index is 4.92. The first kappa shape index (κ1) is 8.47. The van der Waals surface area contributed by atoms with E-state index in [2.05, 4.69) is 15.0 Å². The lowest BCUT2D eigenvalue weighted by molar-refractivity contribution is -0.640. The molecule has 0 aliphatic carbocycles. The van der Waals surface area contributed by atoms with Crippen molar-refractivity contribution in [3.63, 3.8) is 0 Å². The van der Waals surface area contributed by atoms with E-state index < -0.39 is 0 Å². The number of aromatic nitrogens is 1. The van der Waals surface area contributed by atoms with E-state index in [4.69, 9.17) is 4.89 Å². The average Bonchev–Trinajstić information content (AvgIpc) is 2.48. The normalized spacial score (nSPS) is 10.6. The fourth-order valence-corrected chi connectivity index (χ4v) is 2.12. The highest BCUT2D eigenvalue weighted by Crippen LogP contribution is 2.21. The molecular weight excluding hydrogens is 186 g/mol. The van der Waals surface area contributed by atoms with Gasteiger partial charge in [0.15, 0.2) is 5.75 Å². The van der Waals surface area contributed by atoms with Gasteiger partial charge in [0.1, 0.15) is 11.7 Å². The molecule has 68 valence electrons. The Balaban J connectivity index is 2.50. The van der Waals surface area contributed by atoms with Crippen LogP contribution in [-0.4, -0.2) is 7.11 Å². The third-order valence-corrected chi connectivity index (χ3v) is 2.83. The molecule has 0 saturated carbocycles. The van der Waals surface area contributed by atoms with Gasteiger partial charge in [0.2, 0.25) is 11.0 Å². The van der Waals surface area contributed by atoms with Gasteiger partial charge >= 0.3 is 0 Å². The van der Waals surface area contributed by atoms with Crippen LogP contribution in [0.3, 0.4) is 0 Å². The van der Waals surface area contributed by atoms with Crippen LogP contribution in [0.4, 0.5) is 0 Å². The van der Waals surface area contributed by atoms with Gasteiger partial charge in [-0.05, 0) is 6.07 Å². The molecule has 0 unspecified atom stereocenters. The van der Waals surface area contributed by atoms with Crippen LogP contribution >= 0.6 is 11.3 Å². The number of benzene rings is 1. The highest BCUT2D eigenvalue weighted by molar-refractivity contribution is 7.16. The zero-order valence-electron chi connectivity index (χ0n) is 7.48. The predicted molar refractivity (Wildman–Crippen MR) is 50.6 cm³/mol. The fourth-order valence-electron chi connectivity index (χ4n) is 1.22. The van der Waals surface area contributed by atoms with Crippen molar-refractivity contribution in [2.45, 2.75) is 0 Å². The van der Waals surface area contributed by atoms with Gasteiger partial charge in [0, 0.05) is 12.1 Å². The molecular formula is C9H10NO2S+. The second-order valence-electron chi connectivity index (χ2n) is 2.71. The molecule has 2 aromatic rings. The first-order valence-electron chi connectivity index (χ1n) is 3.89. The van der Waals surface area contributed by atoms with E-state index in [-0.39, 0.29) is 0 Å². The monoisotopic (exact) mass is 196 g/mol. The van der Waals surface area contributed by atoms with Crippen LogP contribution < -0.4 is 9.45 Å². The van der Waals surface area contributed by atoms with E-state index in [0.717, 1.165) is 5.75 Å². The highest BCUT2D eigenvalue weighted by atomic mass is 32.1. The van der Waals surface area contributed by atoms with Crippen molar-refractivity contribution in [1.82, 2.24) is 0 Å². The van der Waals surface area contributed by atoms with Crippen molar-refractivity contribution >= 4 is 21.6 Å². The first-order chi connectivity index (χ1) is 6.31. The molecule has 0 amide bonds. The first-order valence-corrected chi connectivity index (χ1v) is 4.77. The number of nitrogens with zero attached hydrogens (tertiary/aromatic N) is 1. The van der Waals surface area contributed by atoms with Crippen molar-refractivity contribution in [1.29, 1.82) is 0 Å². The number of hydrogen-bond acceptors (Lipinski definition) is 3. The van der Waals surface area contributed by atoms with Gasteiger partial charge in [-0.1, -0.05) is 11.3 Å². The summed E-state index contributed by atoms with van der Waals surface area (Å²) in [5.41, 5.74) is 3.26. The molecule has 0 spiro atoms. The molecule has 0 aliphatic rings. The topological polar surface area (TPSA) is 22.3 Å². The standard InChI is InChI=1S/C9H10NO2S/c1-10-6-13-9-5-7(12-11-2)3-4-8(9)10/h3-6H,1-2H3/q+1. The van der Waals surface area contributed by atoms with Gasteiger partial charge < -0.3 is 4.89 Å². The Morgan fingerprint density at radius 1 is 1.38 bits per heavy atom. The van der Waals surface area contributed by atoms with Crippen LogP contribution in [0.15, 0.2) is 23.7 Å². The predicted octanol–water partition coefficient (Wildman–Crippen LogP) is 1.67. The SMILES string of the molecule is COOc1ccc2c(c1)sc[n+]2C. The molecule has 1 heterocycles. The van der Waals surface area contributed by atoms with E-state index in [1.165, 1.54) is 17.3 Å². The van der Waals surface area contributed by atoms with Gasteiger partial charge in [0.05, 0.1) is 7.11 Å². The van der Waals surface area contributed by atoms with Gasteiger partial charge in [-0.25, -0.2) is 0 Å². The van der Waals surface area contributed by atoms with E-state index in [1.807, 2.05) is 25.2 Å². The Hall–Kier alpha value is -1.13. The Kier molecular flexibility index (Phi) is 2.16. The Labute approximate surface area is 80.1 Å². The summed E-state index contributed by atoms with van der Waals surface area (Å²) in [6.45, 7) is 0. The molecule has 3 nitrogen and oxygen atoms in total. The van der Waals surface area contributed by atoms with Crippen molar-refractivity contribution in [3.05, 3.63) is 23.7 Å². The third kappa shape index (κ3) is 1.50. The lowest BCUT2D eigenvalue weighted by Gasteiger charge is -1.97. The number of rotatable bonds is 2. The molecule has 0 atom stereocenters. The lowest BCUT2D eigenvalue weighted by Crippen LogP contribution is -2.24. The highest BCUT2D eigenvalue weighted by Gasteiger charge is 2.08. The molecule has 0 saturated heterocycles. The molecule has 1 aromatic heterocycles. The van der Waals surface area contributed by atoms with Crippen LogP contribution in [0.2, 0.25) is 0 Å². The molecule has 2 rings (SSSR count). The van der Waals surface area contributed by atoms with Crippen LogP contribution in [0.25, 0.3) is 10.2 Å². The molecule has 0 bridgehead atoms. The van der Waals surface area contributed by atoms with E-state index >= 15 is 0 Å². The second-order valence-corrected chi connectivity index (χ2v) is 3.60. The van der Waals surface area contributed by atoms with Crippen LogP contribution in [0.5, 0.6) is 5.75 Å². The molecule has 4 heteroatoms. The number of aryl methyl sites for hydroxylation is 1. The fraction of sp³-hybridized carbons (Fsp3) is 0.222. The quantitative estimate of drug-likeness (QED) is 0.414. The molecule has 13 heavy (non-hydrogen) atoms. The van der Waals surface area contributed by atoms with Crippen molar-refractivity contribution in [3.8, 4) is 5.75 Å². The Bertz CT molecular complexity index is 424. The molecule has 0 fully saturated rings. The van der Waals surface area contributed by atoms with Gasteiger partial charge in [0.25, 0.3) is 0 Å². The van der Waals surface area contributed by atoms with Gasteiger partial charge in [-0.2, -0.15) is 9.45 Å². The maximum atomic E-state index is 4.92. The van der Waals surface area contributed by atoms with E-state index in [9.17, 15) is 0 Å². The summed E-state index contributed by atoms with van der Waals surface area (Å²) in [6, 6.07) is 5.86. The third-order valence-electron chi connectivity index (χ3n) is 1.83. The largest absolute Gasteiger partial charge is 0.338 e. The minimum atomic E-state index is 0.734. The number of thiazole rings is 1. The zero-order valence-corrected chi connectivity index (χ0v) is 8.30. The van der Waals surface area contributed by atoms with Crippen LogP contribution in [-0.2, 0) is 11.9 Å².